The lowest BCUT2D eigenvalue weighted by Gasteiger charge is -2.05. The van der Waals surface area contributed by atoms with Crippen molar-refractivity contribution in [2.75, 3.05) is 6.54 Å². The molecule has 0 aliphatic heterocycles. The van der Waals surface area contributed by atoms with E-state index in [1.165, 1.54) is 18.2 Å². The third-order valence-corrected chi connectivity index (χ3v) is 2.08. The van der Waals surface area contributed by atoms with E-state index in [1.54, 1.807) is 0 Å². The topological polar surface area (TPSA) is 109 Å². The number of hydrogen-bond donors (Lipinski definition) is 3. The Morgan fingerprint density at radius 3 is 2.63 bits per heavy atom. The molecule has 0 heterocycles. The van der Waals surface area contributed by atoms with Crippen molar-refractivity contribution in [1.82, 2.24) is 5.32 Å². The summed E-state index contributed by atoms with van der Waals surface area (Å²) in [6.07, 6.45) is 2.07. The fourth-order valence-corrected chi connectivity index (χ4v) is 1.25. The van der Waals surface area contributed by atoms with Gasteiger partial charge in [0.05, 0.1) is 12.1 Å². The number of amides is 2. The summed E-state index contributed by atoms with van der Waals surface area (Å²) in [4.78, 5) is 32.4. The largest absolute Gasteiger partial charge is 0.478 e. The summed E-state index contributed by atoms with van der Waals surface area (Å²) in [7, 11) is 0. The Kier molecular flexibility index (Phi) is 4.76. The lowest BCUT2D eigenvalue weighted by Crippen LogP contribution is -2.33. The Balaban J connectivity index is 2.93. The minimum Gasteiger partial charge on any atom is -0.478 e. The molecule has 0 fully saturated rings. The number of nitrogens with two attached hydrogens (primary N) is 1. The van der Waals surface area contributed by atoms with Crippen molar-refractivity contribution in [3.05, 3.63) is 41.2 Å². The number of nitrogens with one attached hydrogen (secondary N) is 1. The van der Waals surface area contributed by atoms with E-state index < -0.39 is 30.1 Å². The molecule has 1 rings (SSSR count). The van der Waals surface area contributed by atoms with Crippen LogP contribution in [0.2, 0.25) is 0 Å². The quantitative estimate of drug-likeness (QED) is 0.658. The second-order valence-corrected chi connectivity index (χ2v) is 3.56. The van der Waals surface area contributed by atoms with E-state index in [9.17, 15) is 18.8 Å². The van der Waals surface area contributed by atoms with Crippen LogP contribution < -0.4 is 11.1 Å². The molecule has 4 N–H and O–H groups in total. The second kappa shape index (κ2) is 6.29. The van der Waals surface area contributed by atoms with Crippen LogP contribution in [0.5, 0.6) is 0 Å². The van der Waals surface area contributed by atoms with Gasteiger partial charge in [0.25, 0.3) is 5.91 Å². The molecule has 1 aromatic rings. The van der Waals surface area contributed by atoms with Crippen LogP contribution in [0.4, 0.5) is 4.39 Å². The Morgan fingerprint density at radius 1 is 1.37 bits per heavy atom. The van der Waals surface area contributed by atoms with E-state index in [-0.39, 0.29) is 5.56 Å². The highest BCUT2D eigenvalue weighted by molar-refractivity contribution is 5.97. The van der Waals surface area contributed by atoms with Gasteiger partial charge in [-0.3, -0.25) is 9.59 Å². The number of hydrogen-bond acceptors (Lipinski definition) is 3. The zero-order chi connectivity index (χ0) is 14.4. The standard InChI is InChI=1S/C12H11FN2O4/c13-9-3-1-7(2-4-11(17)18)5-8(9)12(19)15-6-10(14)16/h1-5H,6H2,(H2,14,16)(H,15,19)(H,17,18). The average molecular weight is 266 g/mol. The molecule has 0 spiro atoms. The Hall–Kier alpha value is -2.70. The fraction of sp³-hybridized carbons (Fsp3) is 0.0833. The molecule has 0 saturated heterocycles. The molecule has 0 bridgehead atoms. The van der Waals surface area contributed by atoms with Gasteiger partial charge in [0, 0.05) is 6.08 Å². The molecule has 0 aromatic heterocycles. The van der Waals surface area contributed by atoms with E-state index >= 15 is 0 Å². The summed E-state index contributed by atoms with van der Waals surface area (Å²) in [5.74, 6) is -3.50. The third-order valence-electron chi connectivity index (χ3n) is 2.08. The molecular formula is C12H11FN2O4. The average Bonchev–Trinajstić information content (AvgIpc) is 2.34. The molecule has 0 atom stereocenters. The van der Waals surface area contributed by atoms with Gasteiger partial charge in [-0.25, -0.2) is 9.18 Å². The van der Waals surface area contributed by atoms with Crippen molar-refractivity contribution in [3.8, 4) is 0 Å². The number of carbonyl (C=O) groups excluding carboxylic acids is 2. The van der Waals surface area contributed by atoms with Crippen molar-refractivity contribution >= 4 is 23.9 Å². The predicted molar refractivity (Wildman–Crippen MR) is 64.6 cm³/mol. The van der Waals surface area contributed by atoms with Crippen LogP contribution in [-0.4, -0.2) is 29.4 Å². The molecule has 6 nitrogen and oxygen atoms in total. The van der Waals surface area contributed by atoms with Gasteiger partial charge >= 0.3 is 5.97 Å². The Morgan fingerprint density at radius 2 is 2.05 bits per heavy atom. The maximum absolute atomic E-state index is 13.4. The normalized spacial score (nSPS) is 10.4. The molecule has 0 unspecified atom stereocenters. The number of rotatable bonds is 5. The first-order valence-corrected chi connectivity index (χ1v) is 5.17. The smallest absolute Gasteiger partial charge is 0.328 e. The summed E-state index contributed by atoms with van der Waals surface area (Å²) < 4.78 is 13.4. The summed E-state index contributed by atoms with van der Waals surface area (Å²) in [5.41, 5.74) is 4.89. The van der Waals surface area contributed by atoms with E-state index in [4.69, 9.17) is 10.8 Å². The molecule has 0 aliphatic rings. The Bertz CT molecular complexity index is 555. The predicted octanol–water partition coefficient (Wildman–Crippen LogP) is 0.139. The molecule has 0 saturated carbocycles. The molecule has 1 aromatic carbocycles. The summed E-state index contributed by atoms with van der Waals surface area (Å²) in [6, 6.07) is 3.52. The number of primary amides is 1. The number of halogens is 1. The first kappa shape index (κ1) is 14.4. The summed E-state index contributed by atoms with van der Waals surface area (Å²) >= 11 is 0. The lowest BCUT2D eigenvalue weighted by molar-refractivity contribution is -0.131. The first-order valence-electron chi connectivity index (χ1n) is 5.17. The Labute approximate surface area is 107 Å². The fourth-order valence-electron chi connectivity index (χ4n) is 1.25. The van der Waals surface area contributed by atoms with Crippen LogP contribution in [0.3, 0.4) is 0 Å². The molecule has 19 heavy (non-hydrogen) atoms. The van der Waals surface area contributed by atoms with Crippen LogP contribution >= 0.6 is 0 Å². The molecule has 0 aliphatic carbocycles. The van der Waals surface area contributed by atoms with Crippen molar-refractivity contribution in [2.45, 2.75) is 0 Å². The lowest BCUT2D eigenvalue weighted by atomic mass is 10.1. The van der Waals surface area contributed by atoms with Gasteiger partial charge in [-0.2, -0.15) is 0 Å². The van der Waals surface area contributed by atoms with E-state index in [1.807, 2.05) is 0 Å². The third kappa shape index (κ3) is 4.58. The minimum atomic E-state index is -1.16. The highest BCUT2D eigenvalue weighted by Gasteiger charge is 2.12. The zero-order valence-corrected chi connectivity index (χ0v) is 9.72. The van der Waals surface area contributed by atoms with Gasteiger partial charge < -0.3 is 16.2 Å². The molecule has 100 valence electrons. The molecule has 7 heteroatoms. The first-order chi connectivity index (χ1) is 8.90. The van der Waals surface area contributed by atoms with Crippen LogP contribution in [0.25, 0.3) is 6.08 Å². The van der Waals surface area contributed by atoms with Crippen molar-refractivity contribution in [1.29, 1.82) is 0 Å². The van der Waals surface area contributed by atoms with Gasteiger partial charge in [-0.15, -0.1) is 0 Å². The number of carboxylic acids is 1. The van der Waals surface area contributed by atoms with Gasteiger partial charge in [-0.05, 0) is 23.8 Å². The number of carboxylic acid groups (broad SMARTS) is 1. The number of aliphatic carboxylic acids is 1. The summed E-state index contributed by atoms with van der Waals surface area (Å²) in [6.45, 7) is -0.409. The molecule has 2 amide bonds. The molecular weight excluding hydrogens is 255 g/mol. The summed E-state index contributed by atoms with van der Waals surface area (Å²) in [5, 5.41) is 10.6. The SMILES string of the molecule is NC(=O)CNC(=O)c1cc(C=CC(=O)O)ccc1F. The van der Waals surface area contributed by atoms with E-state index in [0.717, 1.165) is 12.1 Å². The van der Waals surface area contributed by atoms with Crippen LogP contribution in [-0.2, 0) is 9.59 Å². The maximum Gasteiger partial charge on any atom is 0.328 e. The maximum atomic E-state index is 13.4. The van der Waals surface area contributed by atoms with Gasteiger partial charge in [0.1, 0.15) is 5.82 Å². The molecule has 0 radical (unpaired) electrons. The van der Waals surface area contributed by atoms with Gasteiger partial charge in [0.2, 0.25) is 5.91 Å². The minimum absolute atomic E-state index is 0.297. The van der Waals surface area contributed by atoms with Crippen molar-refractivity contribution < 1.29 is 23.9 Å². The van der Waals surface area contributed by atoms with Crippen LogP contribution in [0.15, 0.2) is 24.3 Å². The van der Waals surface area contributed by atoms with Crippen LogP contribution in [0, 0.1) is 5.82 Å². The van der Waals surface area contributed by atoms with E-state index in [0.29, 0.717) is 5.56 Å². The second-order valence-electron chi connectivity index (χ2n) is 3.56. The zero-order valence-electron chi connectivity index (χ0n) is 9.72. The van der Waals surface area contributed by atoms with E-state index in [2.05, 4.69) is 5.32 Å². The monoisotopic (exact) mass is 266 g/mol. The number of carbonyl (C=O) groups is 3. The number of benzene rings is 1. The van der Waals surface area contributed by atoms with Crippen molar-refractivity contribution in [2.24, 2.45) is 5.73 Å². The van der Waals surface area contributed by atoms with Crippen LogP contribution in [0.1, 0.15) is 15.9 Å². The van der Waals surface area contributed by atoms with Crippen molar-refractivity contribution in [3.63, 3.8) is 0 Å². The highest BCUT2D eigenvalue weighted by atomic mass is 19.1. The highest BCUT2D eigenvalue weighted by Crippen LogP contribution is 2.12. The van der Waals surface area contributed by atoms with Gasteiger partial charge in [-0.1, -0.05) is 6.07 Å². The van der Waals surface area contributed by atoms with Gasteiger partial charge in [0.15, 0.2) is 0 Å².